The molecule has 0 spiro atoms. The maximum atomic E-state index is 12.6. The Bertz CT molecular complexity index is 918. The van der Waals surface area contributed by atoms with E-state index in [9.17, 15) is 9.59 Å². The van der Waals surface area contributed by atoms with Crippen LogP contribution in [-0.2, 0) is 14.3 Å². The molecule has 0 N–H and O–H groups in total. The van der Waals surface area contributed by atoms with E-state index in [4.69, 9.17) is 4.74 Å². The van der Waals surface area contributed by atoms with Crippen LogP contribution < -0.4 is 10.6 Å². The largest absolute Gasteiger partial charge is 0.463 e. The van der Waals surface area contributed by atoms with Crippen LogP contribution in [0.2, 0.25) is 0 Å². The quantitative estimate of drug-likeness (QED) is 0.328. The Hall–Kier alpha value is -2.77. The molecular weight excluding hydrogens is 379 g/mol. The van der Waals surface area contributed by atoms with E-state index in [0.717, 1.165) is 5.56 Å². The molecule has 0 aliphatic heterocycles. The second kappa shape index (κ2) is 9.62. The average Bonchev–Trinajstić information content (AvgIpc) is 2.75. The summed E-state index contributed by atoms with van der Waals surface area (Å²) in [6, 6.07) is 26.9. The molecule has 0 aliphatic carbocycles. The van der Waals surface area contributed by atoms with Gasteiger partial charge in [0.2, 0.25) is 5.78 Å². The SMILES string of the molecule is COC(=O)C(=O)C[C@@H](c1ccccc1)P(c1ccc(C)cc1)c1ccc(C)cc1. The number of esters is 1. The van der Waals surface area contributed by atoms with Crippen molar-refractivity contribution in [3.8, 4) is 0 Å². The third-order valence-corrected chi connectivity index (χ3v) is 7.73. The van der Waals surface area contributed by atoms with Crippen molar-refractivity contribution < 1.29 is 14.3 Å². The highest BCUT2D eigenvalue weighted by Gasteiger charge is 2.30. The van der Waals surface area contributed by atoms with Crippen molar-refractivity contribution >= 4 is 30.3 Å². The molecule has 0 heterocycles. The van der Waals surface area contributed by atoms with Gasteiger partial charge in [-0.15, -0.1) is 0 Å². The van der Waals surface area contributed by atoms with E-state index in [1.807, 2.05) is 30.3 Å². The van der Waals surface area contributed by atoms with E-state index < -0.39 is 19.7 Å². The van der Waals surface area contributed by atoms with Gasteiger partial charge in [-0.1, -0.05) is 90.0 Å². The Balaban J connectivity index is 2.13. The summed E-state index contributed by atoms with van der Waals surface area (Å²) in [6.07, 6.45) is 0.115. The van der Waals surface area contributed by atoms with Gasteiger partial charge < -0.3 is 4.74 Å². The molecule has 3 nitrogen and oxygen atoms in total. The van der Waals surface area contributed by atoms with Gasteiger partial charge in [-0.3, -0.25) is 4.79 Å². The first kappa shape index (κ1) is 21.0. The minimum atomic E-state index is -0.906. The Morgan fingerprint density at radius 3 is 1.72 bits per heavy atom. The lowest BCUT2D eigenvalue weighted by molar-refractivity contribution is -0.151. The third kappa shape index (κ3) is 5.19. The molecule has 0 saturated carbocycles. The average molecular weight is 404 g/mol. The van der Waals surface area contributed by atoms with Gasteiger partial charge in [-0.25, -0.2) is 4.79 Å². The lowest BCUT2D eigenvalue weighted by Crippen LogP contribution is -2.23. The first-order valence-corrected chi connectivity index (χ1v) is 11.0. The summed E-state index contributed by atoms with van der Waals surface area (Å²) >= 11 is 0. The molecule has 29 heavy (non-hydrogen) atoms. The molecule has 0 bridgehead atoms. The van der Waals surface area contributed by atoms with Crippen LogP contribution in [0.5, 0.6) is 0 Å². The summed E-state index contributed by atoms with van der Waals surface area (Å²) < 4.78 is 4.69. The van der Waals surface area contributed by atoms with Gasteiger partial charge >= 0.3 is 5.97 Å². The van der Waals surface area contributed by atoms with Crippen LogP contribution in [-0.4, -0.2) is 18.9 Å². The van der Waals surface area contributed by atoms with Gasteiger partial charge in [0.15, 0.2) is 0 Å². The first-order valence-electron chi connectivity index (χ1n) is 9.58. The summed E-state index contributed by atoms with van der Waals surface area (Å²) in [5.41, 5.74) is 3.31. The maximum Gasteiger partial charge on any atom is 0.374 e. The van der Waals surface area contributed by atoms with Crippen molar-refractivity contribution in [2.75, 3.05) is 7.11 Å². The first-order chi connectivity index (χ1) is 14.0. The van der Waals surface area contributed by atoms with Crippen LogP contribution in [0.15, 0.2) is 78.9 Å². The van der Waals surface area contributed by atoms with Gasteiger partial charge in [-0.2, -0.15) is 0 Å². The Kier molecular flexibility index (Phi) is 6.95. The fraction of sp³-hybridized carbons (Fsp3) is 0.200. The minimum absolute atomic E-state index is 0.115. The summed E-state index contributed by atoms with van der Waals surface area (Å²) in [5.74, 6) is -1.28. The van der Waals surface area contributed by atoms with E-state index in [2.05, 4.69) is 62.4 Å². The zero-order valence-electron chi connectivity index (χ0n) is 17.0. The van der Waals surface area contributed by atoms with Crippen molar-refractivity contribution in [1.29, 1.82) is 0 Å². The normalized spacial score (nSPS) is 11.9. The van der Waals surface area contributed by atoms with E-state index in [1.165, 1.54) is 28.8 Å². The molecule has 148 valence electrons. The lowest BCUT2D eigenvalue weighted by Gasteiger charge is -2.29. The number of carbonyl (C=O) groups is 2. The van der Waals surface area contributed by atoms with Crippen LogP contribution >= 0.6 is 7.92 Å². The third-order valence-electron chi connectivity index (χ3n) is 4.91. The number of rotatable bonds is 7. The van der Waals surface area contributed by atoms with Gasteiger partial charge in [0, 0.05) is 12.1 Å². The van der Waals surface area contributed by atoms with Crippen molar-refractivity contribution in [3.05, 3.63) is 95.6 Å². The van der Waals surface area contributed by atoms with E-state index in [0.29, 0.717) is 0 Å². The molecule has 0 unspecified atom stereocenters. The maximum absolute atomic E-state index is 12.6. The Morgan fingerprint density at radius 2 is 1.28 bits per heavy atom. The highest BCUT2D eigenvalue weighted by atomic mass is 31.1. The molecular formula is C25H25O3P. The molecule has 0 aromatic heterocycles. The number of carbonyl (C=O) groups excluding carboxylic acids is 2. The van der Waals surface area contributed by atoms with Crippen molar-refractivity contribution in [3.63, 3.8) is 0 Å². The number of ketones is 1. The van der Waals surface area contributed by atoms with Crippen LogP contribution in [0.1, 0.15) is 28.8 Å². The number of ether oxygens (including phenoxy) is 1. The highest BCUT2D eigenvalue weighted by molar-refractivity contribution is 7.73. The molecule has 3 aromatic rings. The van der Waals surface area contributed by atoms with Crippen molar-refractivity contribution in [2.45, 2.75) is 25.9 Å². The fourth-order valence-corrected chi connectivity index (χ4v) is 6.10. The predicted molar refractivity (Wildman–Crippen MR) is 119 cm³/mol. The van der Waals surface area contributed by atoms with E-state index in [1.54, 1.807) is 0 Å². The van der Waals surface area contributed by atoms with Crippen LogP contribution in [0.25, 0.3) is 0 Å². The summed E-state index contributed by atoms with van der Waals surface area (Å²) in [6.45, 7) is 4.13. The van der Waals surface area contributed by atoms with E-state index in [-0.39, 0.29) is 12.1 Å². The summed E-state index contributed by atoms with van der Waals surface area (Å²) in [7, 11) is 0.344. The number of aryl methyl sites for hydroxylation is 2. The van der Waals surface area contributed by atoms with E-state index >= 15 is 0 Å². The second-order valence-corrected chi connectivity index (χ2v) is 9.48. The fourth-order valence-electron chi connectivity index (χ4n) is 3.33. The molecule has 0 fully saturated rings. The molecule has 1 atom stereocenters. The Morgan fingerprint density at radius 1 is 0.793 bits per heavy atom. The van der Waals surface area contributed by atoms with Gasteiger partial charge in [0.1, 0.15) is 0 Å². The monoisotopic (exact) mass is 404 g/mol. The van der Waals surface area contributed by atoms with Crippen LogP contribution in [0, 0.1) is 13.8 Å². The summed E-state index contributed by atoms with van der Waals surface area (Å²) in [5, 5.41) is 2.36. The van der Waals surface area contributed by atoms with Gasteiger partial charge in [0.05, 0.1) is 7.11 Å². The summed E-state index contributed by atoms with van der Waals surface area (Å²) in [4.78, 5) is 24.5. The number of hydrogen-bond donors (Lipinski definition) is 0. The minimum Gasteiger partial charge on any atom is -0.463 e. The number of benzene rings is 3. The van der Waals surface area contributed by atoms with Crippen molar-refractivity contribution in [2.24, 2.45) is 0 Å². The van der Waals surface area contributed by atoms with Gasteiger partial charge in [0.25, 0.3) is 0 Å². The predicted octanol–water partition coefficient (Wildman–Crippen LogP) is 4.61. The lowest BCUT2D eigenvalue weighted by atomic mass is 10.1. The number of Topliss-reactive ketones (excluding diaryl/α,β-unsaturated/α-hetero) is 1. The number of methoxy groups -OCH3 is 1. The molecule has 0 radical (unpaired) electrons. The van der Waals surface area contributed by atoms with Gasteiger partial charge in [-0.05, 0) is 37.9 Å². The molecule has 3 aromatic carbocycles. The number of hydrogen-bond acceptors (Lipinski definition) is 3. The topological polar surface area (TPSA) is 43.4 Å². The molecule has 3 rings (SSSR count). The zero-order chi connectivity index (χ0) is 20.8. The Labute approximate surface area is 173 Å². The second-order valence-electron chi connectivity index (χ2n) is 7.09. The molecule has 0 saturated heterocycles. The smallest absolute Gasteiger partial charge is 0.374 e. The molecule has 4 heteroatoms. The molecule has 0 amide bonds. The van der Waals surface area contributed by atoms with Crippen LogP contribution in [0.3, 0.4) is 0 Å². The zero-order valence-corrected chi connectivity index (χ0v) is 17.9. The molecule has 0 aliphatic rings. The highest BCUT2D eigenvalue weighted by Crippen LogP contribution is 2.51. The van der Waals surface area contributed by atoms with Crippen molar-refractivity contribution in [1.82, 2.24) is 0 Å². The standard InChI is InChI=1S/C25H25O3P/c1-18-9-13-21(14-10-18)29(22-15-11-19(2)12-16-22)24(17-23(26)25(27)28-3)20-7-5-4-6-8-20/h4-16,24H,17H2,1-3H3/t24-/m0/s1. The van der Waals surface area contributed by atoms with Crippen LogP contribution in [0.4, 0.5) is 0 Å².